The van der Waals surface area contributed by atoms with Gasteiger partial charge in [0.15, 0.2) is 0 Å². The summed E-state index contributed by atoms with van der Waals surface area (Å²) in [5.74, 6) is -0.0973. The summed E-state index contributed by atoms with van der Waals surface area (Å²) in [7, 11) is 1.33. The van der Waals surface area contributed by atoms with Gasteiger partial charge in [0.1, 0.15) is 6.61 Å². The molecule has 3 rings (SSSR count). The summed E-state index contributed by atoms with van der Waals surface area (Å²) in [6, 6.07) is 11.2. The van der Waals surface area contributed by atoms with Crippen LogP contribution in [0.4, 0.5) is 5.69 Å². The van der Waals surface area contributed by atoms with Crippen molar-refractivity contribution in [1.82, 2.24) is 0 Å². The third-order valence-electron chi connectivity index (χ3n) is 4.90. The predicted molar refractivity (Wildman–Crippen MR) is 101 cm³/mol. The highest BCUT2D eigenvalue weighted by Gasteiger charge is 2.21. The van der Waals surface area contributed by atoms with Crippen LogP contribution in [0.15, 0.2) is 36.4 Å². The lowest BCUT2D eigenvalue weighted by molar-refractivity contribution is -0.123. The van der Waals surface area contributed by atoms with Gasteiger partial charge in [-0.3, -0.25) is 4.79 Å². The summed E-state index contributed by atoms with van der Waals surface area (Å²) < 4.78 is 10.6. The Morgan fingerprint density at radius 1 is 1.15 bits per heavy atom. The minimum absolute atomic E-state index is 0.00910. The lowest BCUT2D eigenvalue weighted by atomic mass is 9.89. The zero-order valence-corrected chi connectivity index (χ0v) is 15.3. The molecular weight excluding hydrogens is 330 g/mol. The van der Waals surface area contributed by atoms with E-state index in [1.165, 1.54) is 13.5 Å². The highest BCUT2D eigenvalue weighted by atomic mass is 16.5. The van der Waals surface area contributed by atoms with Crippen molar-refractivity contribution >= 4 is 28.3 Å². The molecule has 2 unspecified atom stereocenters. The largest absolute Gasteiger partial charge is 0.465 e. The number of anilines is 1. The van der Waals surface area contributed by atoms with E-state index in [2.05, 4.69) is 12.2 Å². The quantitative estimate of drug-likeness (QED) is 0.818. The summed E-state index contributed by atoms with van der Waals surface area (Å²) >= 11 is 0. The van der Waals surface area contributed by atoms with E-state index in [-0.39, 0.29) is 18.6 Å². The fourth-order valence-corrected chi connectivity index (χ4v) is 3.53. The van der Waals surface area contributed by atoms with Crippen molar-refractivity contribution in [3.05, 3.63) is 42.0 Å². The highest BCUT2D eigenvalue weighted by Crippen LogP contribution is 2.27. The number of amides is 1. The van der Waals surface area contributed by atoms with Crippen LogP contribution >= 0.6 is 0 Å². The number of esters is 1. The molecule has 2 aromatic carbocycles. The number of nitrogens with one attached hydrogen (secondary N) is 1. The van der Waals surface area contributed by atoms with Gasteiger partial charge in [-0.05, 0) is 41.7 Å². The van der Waals surface area contributed by atoms with Gasteiger partial charge in [-0.1, -0.05) is 44.0 Å². The first-order chi connectivity index (χ1) is 12.6. The van der Waals surface area contributed by atoms with Crippen LogP contribution in [-0.4, -0.2) is 31.7 Å². The van der Waals surface area contributed by atoms with Crippen LogP contribution < -0.4 is 5.32 Å². The molecule has 5 nitrogen and oxygen atoms in total. The number of ether oxygens (including phenoxy) is 2. The first-order valence-corrected chi connectivity index (χ1v) is 9.09. The van der Waals surface area contributed by atoms with Gasteiger partial charge in [-0.15, -0.1) is 0 Å². The van der Waals surface area contributed by atoms with Crippen molar-refractivity contribution in [2.24, 2.45) is 5.92 Å². The molecule has 0 heterocycles. The zero-order chi connectivity index (χ0) is 18.5. The maximum Gasteiger partial charge on any atom is 0.339 e. The molecule has 1 aliphatic carbocycles. The Balaban J connectivity index is 1.72. The fraction of sp³-hybridized carbons (Fsp3) is 0.429. The maximum absolute atomic E-state index is 12.3. The molecule has 0 aliphatic heterocycles. The molecule has 26 heavy (non-hydrogen) atoms. The molecule has 1 saturated carbocycles. The molecule has 0 radical (unpaired) electrons. The molecular formula is C21H25NO4. The Kier molecular flexibility index (Phi) is 5.89. The van der Waals surface area contributed by atoms with Gasteiger partial charge in [0, 0.05) is 0 Å². The van der Waals surface area contributed by atoms with Crippen LogP contribution in [0.3, 0.4) is 0 Å². The Morgan fingerprint density at radius 3 is 2.58 bits per heavy atom. The van der Waals surface area contributed by atoms with E-state index in [4.69, 9.17) is 9.47 Å². The van der Waals surface area contributed by atoms with Crippen LogP contribution in [0.1, 0.15) is 43.0 Å². The lowest BCUT2D eigenvalue weighted by Crippen LogP contribution is -2.27. The molecule has 0 aromatic heterocycles. The second kappa shape index (κ2) is 8.32. The summed E-state index contributed by atoms with van der Waals surface area (Å²) in [5, 5.41) is 4.66. The van der Waals surface area contributed by atoms with Crippen molar-refractivity contribution in [3.63, 3.8) is 0 Å². The molecule has 1 fully saturated rings. The van der Waals surface area contributed by atoms with Crippen molar-refractivity contribution in [2.75, 3.05) is 19.0 Å². The Hall–Kier alpha value is -2.40. The number of carbonyl (C=O) groups excluding carboxylic acids is 2. The zero-order valence-electron chi connectivity index (χ0n) is 15.3. The van der Waals surface area contributed by atoms with Crippen molar-refractivity contribution in [2.45, 2.75) is 38.7 Å². The average molecular weight is 355 g/mol. The summed E-state index contributed by atoms with van der Waals surface area (Å²) in [5.41, 5.74) is 0.784. The van der Waals surface area contributed by atoms with Gasteiger partial charge in [0.2, 0.25) is 5.91 Å². The minimum Gasteiger partial charge on any atom is -0.465 e. The van der Waals surface area contributed by atoms with Gasteiger partial charge in [0.05, 0.1) is 24.5 Å². The van der Waals surface area contributed by atoms with Crippen molar-refractivity contribution < 1.29 is 19.1 Å². The minimum atomic E-state index is -0.479. The second-order valence-electron chi connectivity index (χ2n) is 6.99. The Morgan fingerprint density at radius 2 is 1.88 bits per heavy atom. The molecule has 1 aliphatic rings. The van der Waals surface area contributed by atoms with Crippen LogP contribution in [0.25, 0.3) is 10.8 Å². The fourth-order valence-electron chi connectivity index (χ4n) is 3.53. The van der Waals surface area contributed by atoms with Crippen molar-refractivity contribution in [1.29, 1.82) is 0 Å². The Labute approximate surface area is 153 Å². The number of fused-ring (bicyclic) bond motifs is 1. The standard InChI is InChI=1S/C21H25NO4/c1-14-6-5-9-17(10-14)26-13-20(23)22-19-12-16-8-4-3-7-15(16)11-18(19)21(24)25-2/h3-4,7-8,11-12,14,17H,5-6,9-10,13H2,1-2H3,(H,22,23). The maximum atomic E-state index is 12.3. The van der Waals surface area contributed by atoms with Gasteiger partial charge in [-0.25, -0.2) is 4.79 Å². The van der Waals surface area contributed by atoms with Gasteiger partial charge in [-0.2, -0.15) is 0 Å². The van der Waals surface area contributed by atoms with Crippen LogP contribution in [0, 0.1) is 5.92 Å². The third-order valence-corrected chi connectivity index (χ3v) is 4.90. The molecule has 1 amide bonds. The first kappa shape index (κ1) is 18.4. The SMILES string of the molecule is COC(=O)c1cc2ccccc2cc1NC(=O)COC1CCCC(C)C1. The molecule has 2 atom stereocenters. The monoisotopic (exact) mass is 355 g/mol. The molecule has 0 spiro atoms. The molecule has 5 heteroatoms. The highest BCUT2D eigenvalue weighted by molar-refractivity contribution is 6.06. The van der Waals surface area contributed by atoms with Gasteiger partial charge in [0.25, 0.3) is 0 Å². The van der Waals surface area contributed by atoms with E-state index in [0.717, 1.165) is 30.0 Å². The number of methoxy groups -OCH3 is 1. The summed E-state index contributed by atoms with van der Waals surface area (Å²) in [6.07, 6.45) is 4.51. The first-order valence-electron chi connectivity index (χ1n) is 9.09. The van der Waals surface area contributed by atoms with E-state index >= 15 is 0 Å². The average Bonchev–Trinajstić information content (AvgIpc) is 2.65. The topological polar surface area (TPSA) is 64.6 Å². The second-order valence-corrected chi connectivity index (χ2v) is 6.99. The van der Waals surface area contributed by atoms with E-state index in [1.54, 1.807) is 12.1 Å². The predicted octanol–water partition coefficient (Wildman–Crippen LogP) is 4.16. The van der Waals surface area contributed by atoms with Crippen LogP contribution in [0.5, 0.6) is 0 Å². The summed E-state index contributed by atoms with van der Waals surface area (Å²) in [4.78, 5) is 24.4. The lowest BCUT2D eigenvalue weighted by Gasteiger charge is -2.26. The van der Waals surface area contributed by atoms with E-state index in [9.17, 15) is 9.59 Å². The van der Waals surface area contributed by atoms with Crippen LogP contribution in [-0.2, 0) is 14.3 Å². The van der Waals surface area contributed by atoms with Gasteiger partial charge >= 0.3 is 5.97 Å². The van der Waals surface area contributed by atoms with E-state index in [1.807, 2.05) is 24.3 Å². The number of benzene rings is 2. The number of hydrogen-bond donors (Lipinski definition) is 1. The Bertz CT molecular complexity index is 802. The molecule has 2 aromatic rings. The smallest absolute Gasteiger partial charge is 0.339 e. The molecule has 138 valence electrons. The van der Waals surface area contributed by atoms with Crippen LogP contribution in [0.2, 0.25) is 0 Å². The molecule has 1 N–H and O–H groups in total. The number of hydrogen-bond acceptors (Lipinski definition) is 4. The number of carbonyl (C=O) groups is 2. The molecule has 0 bridgehead atoms. The van der Waals surface area contributed by atoms with E-state index in [0.29, 0.717) is 17.2 Å². The molecule has 0 saturated heterocycles. The summed E-state index contributed by atoms with van der Waals surface area (Å²) in [6.45, 7) is 2.21. The van der Waals surface area contributed by atoms with E-state index < -0.39 is 5.97 Å². The van der Waals surface area contributed by atoms with Gasteiger partial charge < -0.3 is 14.8 Å². The third kappa shape index (κ3) is 4.41. The van der Waals surface area contributed by atoms with Crippen molar-refractivity contribution in [3.8, 4) is 0 Å². The number of rotatable bonds is 5. The normalized spacial score (nSPS) is 19.9.